The number of nitrogens with zero attached hydrogens (tertiary/aromatic N) is 1. The van der Waals surface area contributed by atoms with Crippen LogP contribution in [0.25, 0.3) is 0 Å². The zero-order chi connectivity index (χ0) is 11.9. The quantitative estimate of drug-likeness (QED) is 0.747. The second kappa shape index (κ2) is 4.33. The predicted octanol–water partition coefficient (Wildman–Crippen LogP) is 3.53. The SMILES string of the molecule is CC(C)N1CCC2(CC1)CSc1ccccc12. The number of benzene rings is 1. The number of thioether (sulfide) groups is 1. The third-order valence-electron chi connectivity index (χ3n) is 4.45. The van der Waals surface area contributed by atoms with Crippen LogP contribution < -0.4 is 0 Å². The highest BCUT2D eigenvalue weighted by Crippen LogP contribution is 2.49. The van der Waals surface area contributed by atoms with Crippen LogP contribution in [0.15, 0.2) is 29.2 Å². The number of likely N-dealkylation sites (tertiary alicyclic amines) is 1. The minimum absolute atomic E-state index is 0.493. The van der Waals surface area contributed by atoms with Crippen LogP contribution in [-0.2, 0) is 5.41 Å². The molecule has 1 spiro atoms. The molecule has 1 nitrogen and oxygen atoms in total. The average Bonchev–Trinajstić information content (AvgIpc) is 2.70. The fourth-order valence-corrected chi connectivity index (χ4v) is 4.70. The molecular formula is C15H21NS. The molecule has 2 aliphatic rings. The van der Waals surface area contributed by atoms with Crippen LogP contribution in [0, 0.1) is 0 Å². The van der Waals surface area contributed by atoms with E-state index in [1.165, 1.54) is 36.6 Å². The van der Waals surface area contributed by atoms with E-state index in [4.69, 9.17) is 0 Å². The maximum absolute atomic E-state index is 2.62. The highest BCUT2D eigenvalue weighted by molar-refractivity contribution is 7.99. The molecule has 0 radical (unpaired) electrons. The van der Waals surface area contributed by atoms with E-state index >= 15 is 0 Å². The lowest BCUT2D eigenvalue weighted by atomic mass is 9.74. The molecule has 3 rings (SSSR count). The Bertz CT molecular complexity index is 405. The molecule has 2 aliphatic heterocycles. The number of rotatable bonds is 1. The van der Waals surface area contributed by atoms with Crippen LogP contribution in [0.4, 0.5) is 0 Å². The Morgan fingerprint density at radius 1 is 1.18 bits per heavy atom. The largest absolute Gasteiger partial charge is 0.301 e. The fourth-order valence-electron chi connectivity index (χ4n) is 3.21. The summed E-state index contributed by atoms with van der Waals surface area (Å²) in [5, 5.41) is 0. The summed E-state index contributed by atoms with van der Waals surface area (Å²) in [7, 11) is 0. The summed E-state index contributed by atoms with van der Waals surface area (Å²) in [5.74, 6) is 1.30. The van der Waals surface area contributed by atoms with Crippen molar-refractivity contribution in [3.8, 4) is 0 Å². The molecule has 0 amide bonds. The number of fused-ring (bicyclic) bond motifs is 2. The molecule has 0 atom stereocenters. The highest BCUT2D eigenvalue weighted by Gasteiger charge is 2.41. The zero-order valence-corrected chi connectivity index (χ0v) is 11.6. The number of hydrogen-bond acceptors (Lipinski definition) is 2. The van der Waals surface area contributed by atoms with Gasteiger partial charge >= 0.3 is 0 Å². The molecule has 1 aromatic carbocycles. The van der Waals surface area contributed by atoms with E-state index in [0.29, 0.717) is 11.5 Å². The Hall–Kier alpha value is -0.470. The Labute approximate surface area is 109 Å². The molecule has 2 heterocycles. The van der Waals surface area contributed by atoms with Gasteiger partial charge in [-0.15, -0.1) is 11.8 Å². The summed E-state index contributed by atoms with van der Waals surface area (Å²) in [6.45, 7) is 7.17. The van der Waals surface area contributed by atoms with Crippen molar-refractivity contribution >= 4 is 11.8 Å². The molecule has 0 aromatic heterocycles. The van der Waals surface area contributed by atoms with E-state index in [1.807, 2.05) is 0 Å². The van der Waals surface area contributed by atoms with Crippen LogP contribution in [0.3, 0.4) is 0 Å². The molecule has 1 aromatic rings. The van der Waals surface area contributed by atoms with Gasteiger partial charge in [0.15, 0.2) is 0 Å². The van der Waals surface area contributed by atoms with Crippen molar-refractivity contribution in [3.63, 3.8) is 0 Å². The van der Waals surface area contributed by atoms with Gasteiger partial charge in [-0.1, -0.05) is 18.2 Å². The van der Waals surface area contributed by atoms with Gasteiger partial charge in [0.25, 0.3) is 0 Å². The fraction of sp³-hybridized carbons (Fsp3) is 0.600. The first-order valence-corrected chi connectivity index (χ1v) is 7.66. The van der Waals surface area contributed by atoms with Gasteiger partial charge in [-0.05, 0) is 51.4 Å². The molecule has 2 heteroatoms. The average molecular weight is 247 g/mol. The first kappa shape index (κ1) is 11.6. The molecule has 0 saturated carbocycles. The van der Waals surface area contributed by atoms with Gasteiger partial charge in [0.1, 0.15) is 0 Å². The highest BCUT2D eigenvalue weighted by atomic mass is 32.2. The smallest absolute Gasteiger partial charge is 0.0110 e. The van der Waals surface area contributed by atoms with Crippen LogP contribution >= 0.6 is 11.8 Å². The summed E-state index contributed by atoms with van der Waals surface area (Å²) >= 11 is 2.06. The van der Waals surface area contributed by atoms with Crippen molar-refractivity contribution in [1.29, 1.82) is 0 Å². The molecule has 1 saturated heterocycles. The van der Waals surface area contributed by atoms with E-state index in [9.17, 15) is 0 Å². The van der Waals surface area contributed by atoms with E-state index < -0.39 is 0 Å². The molecule has 1 fully saturated rings. The minimum atomic E-state index is 0.493. The lowest BCUT2D eigenvalue weighted by Crippen LogP contribution is -2.45. The van der Waals surface area contributed by atoms with Crippen molar-refractivity contribution in [1.82, 2.24) is 4.90 Å². The lowest BCUT2D eigenvalue weighted by molar-refractivity contribution is 0.139. The molecule has 92 valence electrons. The Balaban J connectivity index is 1.82. The van der Waals surface area contributed by atoms with Gasteiger partial charge < -0.3 is 4.90 Å². The van der Waals surface area contributed by atoms with Gasteiger partial charge in [-0.25, -0.2) is 0 Å². The summed E-state index contributed by atoms with van der Waals surface area (Å²) < 4.78 is 0. The first-order chi connectivity index (χ1) is 8.21. The Morgan fingerprint density at radius 3 is 2.59 bits per heavy atom. The van der Waals surface area contributed by atoms with Gasteiger partial charge in [0, 0.05) is 22.1 Å². The second-order valence-electron chi connectivity index (χ2n) is 5.69. The van der Waals surface area contributed by atoms with Crippen LogP contribution in [-0.4, -0.2) is 29.8 Å². The Morgan fingerprint density at radius 2 is 1.88 bits per heavy atom. The third kappa shape index (κ3) is 1.92. The monoisotopic (exact) mass is 247 g/mol. The van der Waals surface area contributed by atoms with Crippen LogP contribution in [0.2, 0.25) is 0 Å². The normalized spacial score (nSPS) is 23.2. The van der Waals surface area contributed by atoms with Crippen LogP contribution in [0.1, 0.15) is 32.3 Å². The van der Waals surface area contributed by atoms with E-state index in [1.54, 1.807) is 5.56 Å². The Kier molecular flexibility index (Phi) is 2.95. The molecule has 0 unspecified atom stereocenters. The molecule has 17 heavy (non-hydrogen) atoms. The molecule has 0 bridgehead atoms. The van der Waals surface area contributed by atoms with Crippen molar-refractivity contribution in [2.45, 2.75) is 43.0 Å². The number of piperidine rings is 1. The van der Waals surface area contributed by atoms with E-state index in [2.05, 4.69) is 54.8 Å². The zero-order valence-electron chi connectivity index (χ0n) is 10.8. The maximum Gasteiger partial charge on any atom is 0.0110 e. The van der Waals surface area contributed by atoms with Gasteiger partial charge in [0.2, 0.25) is 0 Å². The van der Waals surface area contributed by atoms with E-state index in [-0.39, 0.29) is 0 Å². The summed E-state index contributed by atoms with van der Waals surface area (Å²) in [6, 6.07) is 9.75. The lowest BCUT2D eigenvalue weighted by Gasteiger charge is -2.41. The topological polar surface area (TPSA) is 3.24 Å². The van der Waals surface area contributed by atoms with Crippen LogP contribution in [0.5, 0.6) is 0 Å². The maximum atomic E-state index is 2.62. The summed E-state index contributed by atoms with van der Waals surface area (Å²) in [5.41, 5.74) is 2.13. The van der Waals surface area contributed by atoms with Crippen molar-refractivity contribution < 1.29 is 0 Å². The van der Waals surface area contributed by atoms with Gasteiger partial charge in [-0.2, -0.15) is 0 Å². The van der Waals surface area contributed by atoms with Crippen molar-refractivity contribution in [2.75, 3.05) is 18.8 Å². The van der Waals surface area contributed by atoms with Gasteiger partial charge in [0.05, 0.1) is 0 Å². The second-order valence-corrected chi connectivity index (χ2v) is 6.71. The minimum Gasteiger partial charge on any atom is -0.301 e. The van der Waals surface area contributed by atoms with E-state index in [0.717, 1.165) is 0 Å². The summed E-state index contributed by atoms with van der Waals surface area (Å²) in [4.78, 5) is 4.15. The van der Waals surface area contributed by atoms with Crippen molar-refractivity contribution in [2.24, 2.45) is 0 Å². The number of hydrogen-bond donors (Lipinski definition) is 0. The van der Waals surface area contributed by atoms with Gasteiger partial charge in [-0.3, -0.25) is 0 Å². The first-order valence-electron chi connectivity index (χ1n) is 6.68. The third-order valence-corrected chi connectivity index (χ3v) is 5.81. The predicted molar refractivity (Wildman–Crippen MR) is 74.8 cm³/mol. The molecular weight excluding hydrogens is 226 g/mol. The summed E-state index contributed by atoms with van der Waals surface area (Å²) in [6.07, 6.45) is 2.68. The van der Waals surface area contributed by atoms with Crippen molar-refractivity contribution in [3.05, 3.63) is 29.8 Å². The standard InChI is InChI=1S/C15H21NS/c1-12(2)16-9-7-15(8-10-16)11-17-14-6-4-3-5-13(14)15/h3-6,12H,7-11H2,1-2H3. The molecule has 0 aliphatic carbocycles. The molecule has 0 N–H and O–H groups in total.